The molecule has 0 bridgehead atoms. The molecule has 1 aromatic heterocycles. The van der Waals surface area contributed by atoms with Crippen LogP contribution in [0.25, 0.3) is 0 Å². The van der Waals surface area contributed by atoms with Crippen molar-refractivity contribution in [2.75, 3.05) is 20.6 Å². The van der Waals surface area contributed by atoms with Crippen LogP contribution in [0, 0.1) is 0 Å². The van der Waals surface area contributed by atoms with Gasteiger partial charge in [0.2, 0.25) is 0 Å². The number of nitrogens with one attached hydrogen (secondary N) is 1. The van der Waals surface area contributed by atoms with Gasteiger partial charge in [0.1, 0.15) is 0 Å². The van der Waals surface area contributed by atoms with Crippen LogP contribution in [-0.2, 0) is 0 Å². The molecule has 0 amide bonds. The molecule has 0 saturated heterocycles. The lowest BCUT2D eigenvalue weighted by Crippen LogP contribution is -2.37. The lowest BCUT2D eigenvalue weighted by atomic mass is 10.1. The molecule has 80 valence electrons. The van der Waals surface area contributed by atoms with Crippen molar-refractivity contribution in [3.05, 3.63) is 22.4 Å². The fraction of sp³-hybridized carbons (Fsp3) is 0.636. The molecule has 0 aromatic carbocycles. The molecule has 0 aliphatic rings. The average molecular weight is 212 g/mol. The minimum absolute atomic E-state index is 0.455. The van der Waals surface area contributed by atoms with Crippen LogP contribution in [0.2, 0.25) is 0 Å². The molecule has 1 N–H and O–H groups in total. The van der Waals surface area contributed by atoms with Crippen LogP contribution in [-0.4, -0.2) is 31.6 Å². The monoisotopic (exact) mass is 212 g/mol. The van der Waals surface area contributed by atoms with E-state index in [1.54, 1.807) is 11.3 Å². The Labute approximate surface area is 90.9 Å². The predicted octanol–water partition coefficient (Wildman–Crippen LogP) is 2.35. The minimum Gasteiger partial charge on any atom is -0.308 e. The van der Waals surface area contributed by atoms with E-state index in [9.17, 15) is 0 Å². The van der Waals surface area contributed by atoms with Crippen molar-refractivity contribution in [2.45, 2.75) is 25.9 Å². The fourth-order valence-corrected chi connectivity index (χ4v) is 2.40. The largest absolute Gasteiger partial charge is 0.308 e. The highest BCUT2D eigenvalue weighted by Crippen LogP contribution is 2.15. The Hall–Kier alpha value is -0.380. The van der Waals surface area contributed by atoms with E-state index >= 15 is 0 Å². The molecule has 0 saturated carbocycles. The van der Waals surface area contributed by atoms with E-state index in [0.29, 0.717) is 12.1 Å². The molecule has 2 atom stereocenters. The van der Waals surface area contributed by atoms with Crippen molar-refractivity contribution in [1.29, 1.82) is 0 Å². The highest BCUT2D eigenvalue weighted by Gasteiger charge is 2.09. The molecule has 0 spiro atoms. The minimum atomic E-state index is 0.455. The van der Waals surface area contributed by atoms with Crippen LogP contribution in [0.15, 0.2) is 16.8 Å². The van der Waals surface area contributed by atoms with E-state index in [0.717, 1.165) is 6.54 Å². The second-order valence-electron chi connectivity index (χ2n) is 4.11. The van der Waals surface area contributed by atoms with E-state index in [1.165, 1.54) is 5.56 Å². The zero-order chi connectivity index (χ0) is 10.6. The smallest absolute Gasteiger partial charge is 0.0303 e. The van der Waals surface area contributed by atoms with Crippen molar-refractivity contribution in [2.24, 2.45) is 0 Å². The van der Waals surface area contributed by atoms with E-state index in [4.69, 9.17) is 0 Å². The molecule has 2 nitrogen and oxygen atoms in total. The van der Waals surface area contributed by atoms with Gasteiger partial charge >= 0.3 is 0 Å². The molecule has 0 aliphatic carbocycles. The summed E-state index contributed by atoms with van der Waals surface area (Å²) in [4.78, 5) is 2.21. The van der Waals surface area contributed by atoms with Crippen molar-refractivity contribution >= 4 is 11.3 Å². The third-order valence-corrected chi connectivity index (χ3v) is 2.92. The van der Waals surface area contributed by atoms with E-state index in [-0.39, 0.29) is 0 Å². The van der Waals surface area contributed by atoms with E-state index in [1.807, 2.05) is 0 Å². The highest BCUT2D eigenvalue weighted by molar-refractivity contribution is 7.07. The van der Waals surface area contributed by atoms with Gasteiger partial charge in [0.05, 0.1) is 0 Å². The summed E-state index contributed by atoms with van der Waals surface area (Å²) < 4.78 is 0. The third kappa shape index (κ3) is 3.78. The maximum absolute atomic E-state index is 3.58. The molecule has 0 radical (unpaired) electrons. The van der Waals surface area contributed by atoms with Crippen LogP contribution in [0.5, 0.6) is 0 Å². The molecule has 14 heavy (non-hydrogen) atoms. The number of rotatable bonds is 5. The molecule has 3 heteroatoms. The van der Waals surface area contributed by atoms with Crippen molar-refractivity contribution < 1.29 is 0 Å². The van der Waals surface area contributed by atoms with Gasteiger partial charge in [-0.25, -0.2) is 0 Å². The van der Waals surface area contributed by atoms with E-state index < -0.39 is 0 Å². The molecule has 0 aliphatic heterocycles. The van der Waals surface area contributed by atoms with Gasteiger partial charge in [-0.15, -0.1) is 0 Å². The quantitative estimate of drug-likeness (QED) is 0.806. The summed E-state index contributed by atoms with van der Waals surface area (Å²) >= 11 is 1.76. The third-order valence-electron chi connectivity index (χ3n) is 2.22. The Balaban J connectivity index is 2.37. The normalized spacial score (nSPS) is 15.8. The Kier molecular flexibility index (Phi) is 4.58. The average Bonchev–Trinajstić information content (AvgIpc) is 2.53. The number of nitrogens with zero attached hydrogens (tertiary/aromatic N) is 1. The van der Waals surface area contributed by atoms with Gasteiger partial charge in [0.25, 0.3) is 0 Å². The van der Waals surface area contributed by atoms with Gasteiger partial charge in [-0.2, -0.15) is 11.3 Å². The summed E-state index contributed by atoms with van der Waals surface area (Å²) in [6, 6.07) is 3.17. The predicted molar refractivity (Wildman–Crippen MR) is 63.9 cm³/mol. The van der Waals surface area contributed by atoms with Crippen molar-refractivity contribution in [3.8, 4) is 0 Å². The van der Waals surface area contributed by atoms with Crippen LogP contribution < -0.4 is 5.32 Å². The maximum Gasteiger partial charge on any atom is 0.0303 e. The van der Waals surface area contributed by atoms with Crippen LogP contribution >= 0.6 is 11.3 Å². The zero-order valence-corrected chi connectivity index (χ0v) is 10.3. The Morgan fingerprint density at radius 2 is 2.14 bits per heavy atom. The van der Waals surface area contributed by atoms with Crippen LogP contribution in [0.3, 0.4) is 0 Å². The summed E-state index contributed by atoms with van der Waals surface area (Å²) in [5.41, 5.74) is 1.39. The second kappa shape index (κ2) is 5.49. The summed E-state index contributed by atoms with van der Waals surface area (Å²) in [5, 5.41) is 7.92. The number of thiophene rings is 1. The van der Waals surface area contributed by atoms with E-state index in [2.05, 4.69) is 55.0 Å². The van der Waals surface area contributed by atoms with Gasteiger partial charge in [0.15, 0.2) is 0 Å². The summed E-state index contributed by atoms with van der Waals surface area (Å²) in [6.45, 7) is 5.52. The molecular weight excluding hydrogens is 192 g/mol. The Morgan fingerprint density at radius 1 is 1.43 bits per heavy atom. The Bertz CT molecular complexity index is 244. The first-order valence-corrected chi connectivity index (χ1v) is 5.96. The van der Waals surface area contributed by atoms with Crippen molar-refractivity contribution in [3.63, 3.8) is 0 Å². The molecule has 1 aromatic rings. The second-order valence-corrected chi connectivity index (χ2v) is 4.89. The maximum atomic E-state index is 3.58. The standard InChI is InChI=1S/C11H20N2S/c1-9(7-13(3)4)12-10(2)11-5-6-14-8-11/h5-6,8-10,12H,7H2,1-4H3. The van der Waals surface area contributed by atoms with Crippen molar-refractivity contribution in [1.82, 2.24) is 10.2 Å². The SMILES string of the molecule is CC(CN(C)C)NC(C)c1ccsc1. The van der Waals surface area contributed by atoms with Crippen LogP contribution in [0.1, 0.15) is 25.5 Å². The van der Waals surface area contributed by atoms with Crippen LogP contribution in [0.4, 0.5) is 0 Å². The first-order chi connectivity index (χ1) is 6.59. The molecule has 2 unspecified atom stereocenters. The topological polar surface area (TPSA) is 15.3 Å². The highest BCUT2D eigenvalue weighted by atomic mass is 32.1. The lowest BCUT2D eigenvalue weighted by molar-refractivity contribution is 0.334. The van der Waals surface area contributed by atoms with Gasteiger partial charge in [-0.3, -0.25) is 0 Å². The first kappa shape index (κ1) is 11.7. The summed E-state index contributed by atoms with van der Waals surface area (Å²) in [6.07, 6.45) is 0. The number of hydrogen-bond donors (Lipinski definition) is 1. The number of likely N-dealkylation sites (N-methyl/N-ethyl adjacent to an activating group) is 1. The molecule has 1 rings (SSSR count). The molecular formula is C11H20N2S. The fourth-order valence-electron chi connectivity index (χ4n) is 1.64. The van der Waals surface area contributed by atoms with Gasteiger partial charge in [-0.05, 0) is 50.3 Å². The first-order valence-electron chi connectivity index (χ1n) is 5.02. The summed E-state index contributed by atoms with van der Waals surface area (Å²) in [7, 11) is 4.21. The van der Waals surface area contributed by atoms with Gasteiger partial charge in [0, 0.05) is 18.6 Å². The number of hydrogen-bond acceptors (Lipinski definition) is 3. The summed E-state index contributed by atoms with van der Waals surface area (Å²) in [5.74, 6) is 0. The molecule has 1 heterocycles. The van der Waals surface area contributed by atoms with Gasteiger partial charge in [-0.1, -0.05) is 0 Å². The zero-order valence-electron chi connectivity index (χ0n) is 9.45. The van der Waals surface area contributed by atoms with Gasteiger partial charge < -0.3 is 10.2 Å². The lowest BCUT2D eigenvalue weighted by Gasteiger charge is -2.22. The Morgan fingerprint density at radius 3 is 2.64 bits per heavy atom. The molecule has 0 fully saturated rings.